The number of benzene rings is 1. The van der Waals surface area contributed by atoms with Crippen molar-refractivity contribution in [3.8, 4) is 11.8 Å². The molecule has 3 aromatic rings. The van der Waals surface area contributed by atoms with Gasteiger partial charge in [0, 0.05) is 38.4 Å². The molecule has 190 valence electrons. The number of carbonyl (C=O) groups excluding carboxylic acids is 2. The molecule has 1 aromatic carbocycles. The Hall–Kier alpha value is -4.92. The van der Waals surface area contributed by atoms with E-state index in [-0.39, 0.29) is 17.5 Å². The first-order chi connectivity index (χ1) is 18.0. The summed E-state index contributed by atoms with van der Waals surface area (Å²) in [6.45, 7) is 4.20. The second kappa shape index (κ2) is 11.7. The molecule has 12 heteroatoms. The summed E-state index contributed by atoms with van der Waals surface area (Å²) in [5.41, 5.74) is 0.974. The number of piperazine rings is 1. The van der Waals surface area contributed by atoms with Crippen molar-refractivity contribution in [3.05, 3.63) is 66.2 Å². The van der Waals surface area contributed by atoms with E-state index >= 15 is 0 Å². The highest BCUT2D eigenvalue weighted by atomic mass is 19.1. The zero-order valence-electron chi connectivity index (χ0n) is 20.1. The fourth-order valence-electron chi connectivity index (χ4n) is 3.73. The van der Waals surface area contributed by atoms with Crippen molar-refractivity contribution in [1.29, 1.82) is 5.26 Å². The van der Waals surface area contributed by atoms with E-state index in [9.17, 15) is 14.0 Å². The van der Waals surface area contributed by atoms with Crippen LogP contribution in [0.3, 0.4) is 0 Å². The van der Waals surface area contributed by atoms with Crippen LogP contribution in [0.25, 0.3) is 0 Å². The maximum Gasteiger partial charge on any atom is 0.323 e. The number of rotatable bonds is 6. The summed E-state index contributed by atoms with van der Waals surface area (Å²) < 4.78 is 19.0. The van der Waals surface area contributed by atoms with Gasteiger partial charge in [-0.1, -0.05) is 0 Å². The summed E-state index contributed by atoms with van der Waals surface area (Å²) in [6.07, 6.45) is 3.04. The van der Waals surface area contributed by atoms with Gasteiger partial charge in [-0.2, -0.15) is 5.26 Å². The number of anilines is 4. The van der Waals surface area contributed by atoms with Crippen LogP contribution in [-0.4, -0.2) is 59.7 Å². The van der Waals surface area contributed by atoms with Gasteiger partial charge in [0.15, 0.2) is 5.82 Å². The molecule has 4 rings (SSSR count). The maximum absolute atomic E-state index is 13.6. The number of urea groups is 2. The number of halogens is 1. The largest absolute Gasteiger partial charge is 0.492 e. The van der Waals surface area contributed by atoms with Crippen LogP contribution in [0.2, 0.25) is 0 Å². The highest BCUT2D eigenvalue weighted by Crippen LogP contribution is 2.26. The van der Waals surface area contributed by atoms with E-state index in [1.165, 1.54) is 30.6 Å². The van der Waals surface area contributed by atoms with Crippen LogP contribution < -0.4 is 25.6 Å². The minimum absolute atomic E-state index is 0.220. The Morgan fingerprint density at radius 1 is 1.08 bits per heavy atom. The van der Waals surface area contributed by atoms with Gasteiger partial charge in [-0.15, -0.1) is 0 Å². The lowest BCUT2D eigenvalue weighted by atomic mass is 10.3. The summed E-state index contributed by atoms with van der Waals surface area (Å²) in [5, 5.41) is 17.1. The van der Waals surface area contributed by atoms with Crippen molar-refractivity contribution in [1.82, 2.24) is 14.9 Å². The Morgan fingerprint density at radius 3 is 2.59 bits per heavy atom. The number of hydrogen-bond acceptors (Lipinski definition) is 7. The van der Waals surface area contributed by atoms with Crippen molar-refractivity contribution in [2.24, 2.45) is 0 Å². The molecule has 0 bridgehead atoms. The van der Waals surface area contributed by atoms with Gasteiger partial charge in [-0.25, -0.2) is 23.9 Å². The van der Waals surface area contributed by atoms with Crippen LogP contribution >= 0.6 is 0 Å². The second-order valence-electron chi connectivity index (χ2n) is 7.97. The zero-order valence-corrected chi connectivity index (χ0v) is 20.1. The first kappa shape index (κ1) is 25.2. The van der Waals surface area contributed by atoms with Crippen molar-refractivity contribution in [2.45, 2.75) is 6.92 Å². The van der Waals surface area contributed by atoms with Gasteiger partial charge in [0.1, 0.15) is 23.5 Å². The first-order valence-electron chi connectivity index (χ1n) is 11.6. The molecular formula is C25H25FN8O3. The monoisotopic (exact) mass is 504 g/mol. The third-order valence-corrected chi connectivity index (χ3v) is 5.54. The molecule has 1 fully saturated rings. The van der Waals surface area contributed by atoms with Crippen LogP contribution in [0.15, 0.2) is 54.9 Å². The predicted molar refractivity (Wildman–Crippen MR) is 136 cm³/mol. The molecule has 1 saturated heterocycles. The number of ether oxygens (including phenoxy) is 1. The molecule has 2 aromatic heterocycles. The molecule has 0 atom stereocenters. The minimum Gasteiger partial charge on any atom is -0.492 e. The molecule has 1 aliphatic heterocycles. The lowest BCUT2D eigenvalue weighted by Gasteiger charge is -2.35. The van der Waals surface area contributed by atoms with Gasteiger partial charge in [0.05, 0.1) is 29.7 Å². The maximum atomic E-state index is 13.6. The van der Waals surface area contributed by atoms with Gasteiger partial charge >= 0.3 is 12.1 Å². The SMILES string of the molecule is CCOc1ccc(F)cc1NC(=O)Nc1ccc(N2CCN(C(=O)Nc3ncccc3C#N)CC2)nc1. The van der Waals surface area contributed by atoms with E-state index < -0.39 is 11.8 Å². The number of amides is 4. The predicted octanol–water partition coefficient (Wildman–Crippen LogP) is 3.88. The summed E-state index contributed by atoms with van der Waals surface area (Å²) in [4.78, 5) is 37.1. The van der Waals surface area contributed by atoms with Gasteiger partial charge < -0.3 is 25.2 Å². The minimum atomic E-state index is -0.562. The third kappa shape index (κ3) is 6.40. The third-order valence-electron chi connectivity index (χ3n) is 5.54. The topological polar surface area (TPSA) is 136 Å². The molecule has 3 N–H and O–H groups in total. The number of nitriles is 1. The fourth-order valence-corrected chi connectivity index (χ4v) is 3.73. The van der Waals surface area contributed by atoms with Gasteiger partial charge in [-0.3, -0.25) is 5.32 Å². The quantitative estimate of drug-likeness (QED) is 0.463. The first-order valence-corrected chi connectivity index (χ1v) is 11.6. The van der Waals surface area contributed by atoms with Crippen molar-refractivity contribution >= 4 is 35.1 Å². The second-order valence-corrected chi connectivity index (χ2v) is 7.97. The standard InChI is InChI=1S/C25H25FN8O3/c1-2-37-21-7-5-18(26)14-20(21)31-24(35)30-19-6-8-22(29-16-19)33-10-12-34(13-11-33)25(36)32-23-17(15-27)4-3-9-28-23/h3-9,14,16H,2,10-13H2,1H3,(H,28,32,36)(H2,30,31,35). The molecule has 3 heterocycles. The molecule has 4 amide bonds. The number of hydrogen-bond donors (Lipinski definition) is 3. The van der Waals surface area contributed by atoms with Crippen molar-refractivity contribution in [2.75, 3.05) is 53.6 Å². The van der Waals surface area contributed by atoms with E-state index in [1.807, 2.05) is 11.0 Å². The van der Waals surface area contributed by atoms with E-state index in [0.717, 1.165) is 0 Å². The number of pyridine rings is 2. The average molecular weight is 505 g/mol. The molecule has 0 spiro atoms. The Labute approximate surface area is 212 Å². The molecule has 0 saturated carbocycles. The highest BCUT2D eigenvalue weighted by molar-refractivity contribution is 6.00. The van der Waals surface area contributed by atoms with Crippen LogP contribution in [0, 0.1) is 17.1 Å². The van der Waals surface area contributed by atoms with E-state index in [2.05, 4.69) is 25.9 Å². The lowest BCUT2D eigenvalue weighted by Crippen LogP contribution is -2.50. The number of nitrogens with zero attached hydrogens (tertiary/aromatic N) is 5. The lowest BCUT2D eigenvalue weighted by molar-refractivity contribution is 0.208. The smallest absolute Gasteiger partial charge is 0.323 e. The van der Waals surface area contributed by atoms with Crippen LogP contribution in [-0.2, 0) is 0 Å². The summed E-state index contributed by atoms with van der Waals surface area (Å²) in [5.74, 6) is 0.806. The number of aromatic nitrogens is 2. The summed E-state index contributed by atoms with van der Waals surface area (Å²) >= 11 is 0. The Kier molecular flexibility index (Phi) is 7.95. The van der Waals surface area contributed by atoms with Crippen LogP contribution in [0.1, 0.15) is 12.5 Å². The van der Waals surface area contributed by atoms with Crippen molar-refractivity contribution < 1.29 is 18.7 Å². The molecule has 11 nitrogen and oxygen atoms in total. The van der Waals surface area contributed by atoms with Crippen LogP contribution in [0.5, 0.6) is 5.75 Å². The van der Waals surface area contributed by atoms with Crippen LogP contribution in [0.4, 0.5) is 37.0 Å². The molecule has 0 unspecified atom stereocenters. The molecule has 0 aliphatic carbocycles. The Bertz CT molecular complexity index is 1300. The normalized spacial score (nSPS) is 12.9. The van der Waals surface area contributed by atoms with Gasteiger partial charge in [0.2, 0.25) is 0 Å². The van der Waals surface area contributed by atoms with Gasteiger partial charge in [-0.05, 0) is 43.3 Å². The summed E-state index contributed by atoms with van der Waals surface area (Å²) in [7, 11) is 0. The molecule has 0 radical (unpaired) electrons. The molecular weight excluding hydrogens is 479 g/mol. The zero-order chi connectivity index (χ0) is 26.2. The Morgan fingerprint density at radius 2 is 1.89 bits per heavy atom. The van der Waals surface area contributed by atoms with Gasteiger partial charge in [0.25, 0.3) is 0 Å². The van der Waals surface area contributed by atoms with E-state index in [0.29, 0.717) is 55.6 Å². The molecule has 37 heavy (non-hydrogen) atoms. The van der Waals surface area contributed by atoms with Crippen molar-refractivity contribution in [3.63, 3.8) is 0 Å². The van der Waals surface area contributed by atoms with E-state index in [4.69, 9.17) is 10.00 Å². The highest BCUT2D eigenvalue weighted by Gasteiger charge is 2.23. The number of nitrogens with one attached hydrogen (secondary N) is 3. The molecule has 1 aliphatic rings. The number of carbonyl (C=O) groups is 2. The Balaban J connectivity index is 1.29. The fraction of sp³-hybridized carbons (Fsp3) is 0.240. The average Bonchev–Trinajstić information content (AvgIpc) is 2.91. The summed E-state index contributed by atoms with van der Waals surface area (Å²) in [6, 6.07) is 11.7. The van der Waals surface area contributed by atoms with E-state index in [1.54, 1.807) is 36.1 Å².